The first-order valence-corrected chi connectivity index (χ1v) is 6.37. The van der Waals surface area contributed by atoms with E-state index in [4.69, 9.17) is 0 Å². The van der Waals surface area contributed by atoms with Crippen LogP contribution in [0.5, 0.6) is 0 Å². The lowest BCUT2D eigenvalue weighted by atomic mass is 10.2. The van der Waals surface area contributed by atoms with Crippen molar-refractivity contribution in [2.75, 3.05) is 11.9 Å². The lowest BCUT2D eigenvalue weighted by molar-refractivity contribution is -0.123. The van der Waals surface area contributed by atoms with Gasteiger partial charge in [0.05, 0.1) is 6.20 Å². The Morgan fingerprint density at radius 1 is 1.13 bits per heavy atom. The van der Waals surface area contributed by atoms with E-state index in [-0.39, 0.29) is 16.9 Å². The summed E-state index contributed by atoms with van der Waals surface area (Å²) in [7, 11) is 0. The van der Waals surface area contributed by atoms with Crippen LogP contribution >= 0.6 is 0 Å². The average molecular weight is 324 g/mol. The Morgan fingerprint density at radius 3 is 2.57 bits per heavy atom. The third-order valence-electron chi connectivity index (χ3n) is 2.63. The van der Waals surface area contributed by atoms with Crippen LogP contribution in [0, 0.1) is 0 Å². The van der Waals surface area contributed by atoms with Gasteiger partial charge >= 0.3 is 6.18 Å². The van der Waals surface area contributed by atoms with Gasteiger partial charge in [-0.3, -0.25) is 14.6 Å². The van der Waals surface area contributed by atoms with Gasteiger partial charge in [-0.25, -0.2) is 4.98 Å². The number of benzene rings is 1. The fraction of sp³-hybridized carbons (Fsp3) is 0.143. The van der Waals surface area contributed by atoms with Crippen molar-refractivity contribution in [3.05, 3.63) is 54.1 Å². The topological polar surface area (TPSA) is 84.0 Å². The molecule has 2 aromatic rings. The first-order chi connectivity index (χ1) is 10.8. The van der Waals surface area contributed by atoms with Crippen LogP contribution in [-0.2, 0) is 0 Å². The molecular formula is C14H11F3N4O2. The number of anilines is 1. The minimum Gasteiger partial charge on any atom is -0.343 e. The van der Waals surface area contributed by atoms with E-state index >= 15 is 0 Å². The highest BCUT2D eigenvalue weighted by molar-refractivity contribution is 6.03. The van der Waals surface area contributed by atoms with Crippen LogP contribution in [0.15, 0.2) is 42.9 Å². The largest absolute Gasteiger partial charge is 0.405 e. The molecule has 0 saturated heterocycles. The van der Waals surface area contributed by atoms with Gasteiger partial charge in [0.25, 0.3) is 11.8 Å². The minimum absolute atomic E-state index is 0.00815. The molecule has 0 aliphatic heterocycles. The smallest absolute Gasteiger partial charge is 0.343 e. The van der Waals surface area contributed by atoms with Gasteiger partial charge in [0.2, 0.25) is 0 Å². The van der Waals surface area contributed by atoms with Crippen LogP contribution in [0.4, 0.5) is 18.9 Å². The number of nitrogens with zero attached hydrogens (tertiary/aromatic N) is 2. The summed E-state index contributed by atoms with van der Waals surface area (Å²) in [5, 5.41) is 4.23. The van der Waals surface area contributed by atoms with Crippen LogP contribution in [0.2, 0.25) is 0 Å². The summed E-state index contributed by atoms with van der Waals surface area (Å²) in [6, 6.07) is 5.53. The number of aromatic nitrogens is 2. The Morgan fingerprint density at radius 2 is 1.91 bits per heavy atom. The van der Waals surface area contributed by atoms with Gasteiger partial charge in [-0.1, -0.05) is 6.07 Å². The van der Waals surface area contributed by atoms with E-state index in [0.29, 0.717) is 0 Å². The molecular weight excluding hydrogens is 313 g/mol. The molecule has 0 aliphatic carbocycles. The number of halogens is 3. The second-order valence-corrected chi connectivity index (χ2v) is 4.42. The van der Waals surface area contributed by atoms with Crippen molar-refractivity contribution in [3.63, 3.8) is 0 Å². The van der Waals surface area contributed by atoms with Gasteiger partial charge in [-0.2, -0.15) is 13.2 Å². The van der Waals surface area contributed by atoms with Gasteiger partial charge in [-0.05, 0) is 18.2 Å². The Hall–Kier alpha value is -2.97. The summed E-state index contributed by atoms with van der Waals surface area (Å²) in [5.74, 6) is -1.44. The molecule has 1 aromatic heterocycles. The summed E-state index contributed by atoms with van der Waals surface area (Å²) in [4.78, 5) is 31.1. The van der Waals surface area contributed by atoms with E-state index in [1.807, 2.05) is 0 Å². The van der Waals surface area contributed by atoms with Crippen LogP contribution in [0.1, 0.15) is 20.8 Å². The molecule has 0 atom stereocenters. The molecule has 0 bridgehead atoms. The monoisotopic (exact) mass is 324 g/mol. The molecule has 2 N–H and O–H groups in total. The molecule has 0 unspecified atom stereocenters. The number of carbonyl (C=O) groups is 2. The highest BCUT2D eigenvalue weighted by Gasteiger charge is 2.27. The maximum absolute atomic E-state index is 12.1. The van der Waals surface area contributed by atoms with Crippen LogP contribution < -0.4 is 10.6 Å². The van der Waals surface area contributed by atoms with E-state index < -0.39 is 24.5 Å². The van der Waals surface area contributed by atoms with E-state index in [1.54, 1.807) is 5.32 Å². The zero-order valence-electron chi connectivity index (χ0n) is 11.6. The van der Waals surface area contributed by atoms with Gasteiger partial charge in [0.15, 0.2) is 0 Å². The molecule has 0 spiro atoms. The Balaban J connectivity index is 2.05. The summed E-state index contributed by atoms with van der Waals surface area (Å²) in [5.41, 5.74) is 0.311. The van der Waals surface area contributed by atoms with Crippen molar-refractivity contribution in [1.29, 1.82) is 0 Å². The highest BCUT2D eigenvalue weighted by Crippen LogP contribution is 2.14. The Bertz CT molecular complexity index is 705. The molecule has 2 rings (SSSR count). The van der Waals surface area contributed by atoms with E-state index in [2.05, 4.69) is 15.3 Å². The lowest BCUT2D eigenvalue weighted by Gasteiger charge is -2.09. The zero-order valence-corrected chi connectivity index (χ0v) is 11.6. The van der Waals surface area contributed by atoms with Crippen LogP contribution in [-0.4, -0.2) is 34.5 Å². The quantitative estimate of drug-likeness (QED) is 0.901. The standard InChI is InChI=1S/C14H11F3N4O2/c15-14(16,17)8-20-12(22)9-2-1-3-10(6-9)21-13(23)11-7-18-4-5-19-11/h1-7H,8H2,(H,20,22)(H,21,23). The van der Waals surface area contributed by atoms with Gasteiger partial charge < -0.3 is 10.6 Å². The fourth-order valence-corrected chi connectivity index (χ4v) is 1.63. The number of amides is 2. The number of rotatable bonds is 4. The SMILES string of the molecule is O=C(NCC(F)(F)F)c1cccc(NC(=O)c2cnccn2)c1. The average Bonchev–Trinajstić information content (AvgIpc) is 2.53. The maximum atomic E-state index is 12.1. The van der Waals surface area contributed by atoms with Gasteiger partial charge in [0.1, 0.15) is 12.2 Å². The summed E-state index contributed by atoms with van der Waals surface area (Å²) < 4.78 is 36.3. The summed E-state index contributed by atoms with van der Waals surface area (Å²) in [6.07, 6.45) is -0.485. The zero-order chi connectivity index (χ0) is 16.9. The Kier molecular flexibility index (Phi) is 4.89. The summed E-state index contributed by atoms with van der Waals surface area (Å²) in [6.45, 7) is -1.43. The summed E-state index contributed by atoms with van der Waals surface area (Å²) >= 11 is 0. The molecule has 9 heteroatoms. The molecule has 2 amide bonds. The van der Waals surface area contributed by atoms with E-state index in [1.165, 1.54) is 42.9 Å². The van der Waals surface area contributed by atoms with Crippen molar-refractivity contribution >= 4 is 17.5 Å². The molecule has 0 radical (unpaired) electrons. The highest BCUT2D eigenvalue weighted by atomic mass is 19.4. The third kappa shape index (κ3) is 5.06. The number of hydrogen-bond donors (Lipinski definition) is 2. The van der Waals surface area contributed by atoms with Crippen LogP contribution in [0.25, 0.3) is 0 Å². The number of nitrogens with one attached hydrogen (secondary N) is 2. The molecule has 0 saturated carbocycles. The molecule has 0 aliphatic rings. The maximum Gasteiger partial charge on any atom is 0.405 e. The normalized spacial score (nSPS) is 10.9. The number of alkyl halides is 3. The van der Waals surface area contributed by atoms with E-state index in [0.717, 1.165) is 0 Å². The molecule has 1 heterocycles. The predicted molar refractivity (Wildman–Crippen MR) is 74.8 cm³/mol. The van der Waals surface area contributed by atoms with Gasteiger partial charge in [-0.15, -0.1) is 0 Å². The van der Waals surface area contributed by atoms with Crippen molar-refractivity contribution in [3.8, 4) is 0 Å². The minimum atomic E-state index is -4.49. The first-order valence-electron chi connectivity index (χ1n) is 6.37. The second-order valence-electron chi connectivity index (χ2n) is 4.42. The van der Waals surface area contributed by atoms with Crippen molar-refractivity contribution < 1.29 is 22.8 Å². The number of hydrogen-bond acceptors (Lipinski definition) is 4. The van der Waals surface area contributed by atoms with Crippen molar-refractivity contribution in [1.82, 2.24) is 15.3 Å². The van der Waals surface area contributed by atoms with Crippen LogP contribution in [0.3, 0.4) is 0 Å². The van der Waals surface area contributed by atoms with Crippen molar-refractivity contribution in [2.24, 2.45) is 0 Å². The fourth-order valence-electron chi connectivity index (χ4n) is 1.63. The molecule has 1 aromatic carbocycles. The number of carbonyl (C=O) groups excluding carboxylic acids is 2. The molecule has 6 nitrogen and oxygen atoms in total. The lowest BCUT2D eigenvalue weighted by Crippen LogP contribution is -2.33. The predicted octanol–water partition coefficient (Wildman–Crippen LogP) is 2.02. The van der Waals surface area contributed by atoms with Crippen molar-refractivity contribution in [2.45, 2.75) is 6.18 Å². The second kappa shape index (κ2) is 6.86. The Labute approximate surface area is 128 Å². The molecule has 120 valence electrons. The third-order valence-corrected chi connectivity index (χ3v) is 2.63. The molecule has 0 fully saturated rings. The first kappa shape index (κ1) is 16.4. The van der Waals surface area contributed by atoms with Gasteiger partial charge in [0, 0.05) is 23.6 Å². The van der Waals surface area contributed by atoms with E-state index in [9.17, 15) is 22.8 Å². The molecule has 23 heavy (non-hydrogen) atoms.